The number of carbonyl (C=O) groups excluding carboxylic acids is 1. The summed E-state index contributed by atoms with van der Waals surface area (Å²) in [4.78, 5) is 18.6. The lowest BCUT2D eigenvalue weighted by Crippen LogP contribution is -2.45. The van der Waals surface area contributed by atoms with Crippen LogP contribution in [0, 0.1) is 5.41 Å². The fraction of sp³-hybridized carbons (Fsp3) is 0.684. The highest BCUT2D eigenvalue weighted by molar-refractivity contribution is 5.77. The van der Waals surface area contributed by atoms with Crippen molar-refractivity contribution in [1.29, 1.82) is 0 Å². The number of likely N-dealkylation sites (tertiary alicyclic amines) is 1. The Hall–Kier alpha value is -1.62. The molecule has 1 aromatic rings. The number of ether oxygens (including phenoxy) is 1. The molecule has 1 amide bonds. The zero-order valence-electron chi connectivity index (χ0n) is 15.5. The second kappa shape index (κ2) is 8.47. The van der Waals surface area contributed by atoms with Crippen molar-refractivity contribution in [3.05, 3.63) is 29.9 Å². The number of allylic oxidation sites excluding steroid dienone is 2. The molecule has 0 aliphatic carbocycles. The van der Waals surface area contributed by atoms with Crippen molar-refractivity contribution in [2.24, 2.45) is 5.41 Å². The Kier molecular flexibility index (Phi) is 6.60. The smallest absolute Gasteiger partial charge is 0.222 e. The molecule has 24 heavy (non-hydrogen) atoms. The van der Waals surface area contributed by atoms with Crippen LogP contribution in [0.5, 0.6) is 0 Å². The van der Waals surface area contributed by atoms with Crippen LogP contribution in [-0.4, -0.2) is 40.6 Å². The zero-order chi connectivity index (χ0) is 17.6. The molecule has 0 unspecified atom stereocenters. The molecule has 0 saturated carbocycles. The van der Waals surface area contributed by atoms with E-state index in [1.165, 1.54) is 5.57 Å². The molecular weight excluding hydrogens is 302 g/mol. The Morgan fingerprint density at radius 1 is 1.46 bits per heavy atom. The molecule has 134 valence electrons. The molecule has 1 saturated heterocycles. The summed E-state index contributed by atoms with van der Waals surface area (Å²) >= 11 is 0. The lowest BCUT2D eigenvalue weighted by atomic mass is 9.77. The van der Waals surface area contributed by atoms with E-state index in [9.17, 15) is 4.79 Å². The van der Waals surface area contributed by atoms with Gasteiger partial charge in [-0.2, -0.15) is 0 Å². The number of piperidine rings is 1. The normalized spacial score (nSPS) is 21.2. The van der Waals surface area contributed by atoms with Gasteiger partial charge in [0.25, 0.3) is 0 Å². The summed E-state index contributed by atoms with van der Waals surface area (Å²) < 4.78 is 7.22. The molecule has 1 atom stereocenters. The van der Waals surface area contributed by atoms with Crippen LogP contribution in [0.15, 0.2) is 24.2 Å². The Labute approximate surface area is 145 Å². The van der Waals surface area contributed by atoms with E-state index < -0.39 is 0 Å². The van der Waals surface area contributed by atoms with Gasteiger partial charge in [0.1, 0.15) is 0 Å². The highest BCUT2D eigenvalue weighted by atomic mass is 16.5. The van der Waals surface area contributed by atoms with Crippen molar-refractivity contribution in [1.82, 2.24) is 14.5 Å². The minimum atomic E-state index is 0.206. The van der Waals surface area contributed by atoms with Crippen molar-refractivity contribution in [2.75, 3.05) is 20.3 Å². The molecule has 2 rings (SSSR count). The first kappa shape index (κ1) is 18.7. The number of hydrogen-bond donors (Lipinski definition) is 0. The first-order valence-electron chi connectivity index (χ1n) is 8.82. The van der Waals surface area contributed by atoms with E-state index in [0.29, 0.717) is 19.6 Å². The van der Waals surface area contributed by atoms with Crippen molar-refractivity contribution < 1.29 is 9.53 Å². The van der Waals surface area contributed by atoms with E-state index in [-0.39, 0.29) is 11.3 Å². The fourth-order valence-corrected chi connectivity index (χ4v) is 3.32. The van der Waals surface area contributed by atoms with Gasteiger partial charge in [0, 0.05) is 32.8 Å². The number of imidazole rings is 1. The van der Waals surface area contributed by atoms with Gasteiger partial charge in [-0.25, -0.2) is 4.98 Å². The van der Waals surface area contributed by atoms with Gasteiger partial charge in [-0.3, -0.25) is 4.79 Å². The number of amides is 1. The molecule has 1 aromatic heterocycles. The first-order chi connectivity index (χ1) is 11.4. The quantitative estimate of drug-likeness (QED) is 0.685. The summed E-state index contributed by atoms with van der Waals surface area (Å²) in [6.07, 6.45) is 9.83. The van der Waals surface area contributed by atoms with Crippen LogP contribution in [0.25, 0.3) is 0 Å². The third kappa shape index (κ3) is 5.20. The highest BCUT2D eigenvalue weighted by Gasteiger charge is 2.34. The lowest BCUT2D eigenvalue weighted by Gasteiger charge is -2.40. The van der Waals surface area contributed by atoms with E-state index in [4.69, 9.17) is 4.74 Å². The average molecular weight is 333 g/mol. The fourth-order valence-electron chi connectivity index (χ4n) is 3.32. The number of rotatable bonds is 8. The van der Waals surface area contributed by atoms with Crippen LogP contribution in [-0.2, 0) is 22.6 Å². The highest BCUT2D eigenvalue weighted by Crippen LogP contribution is 2.35. The van der Waals surface area contributed by atoms with Crippen LogP contribution in [0.3, 0.4) is 0 Å². The molecule has 5 heteroatoms. The molecular formula is C19H31N3O2. The van der Waals surface area contributed by atoms with Crippen LogP contribution in [0.1, 0.15) is 52.1 Å². The Balaban J connectivity index is 1.99. The number of methoxy groups -OCH3 is 1. The molecule has 1 fully saturated rings. The van der Waals surface area contributed by atoms with E-state index in [0.717, 1.165) is 38.0 Å². The van der Waals surface area contributed by atoms with Crippen LogP contribution >= 0.6 is 0 Å². The number of aromatic nitrogens is 2. The van der Waals surface area contributed by atoms with Crippen molar-refractivity contribution >= 4 is 5.91 Å². The molecule has 1 aliphatic rings. The van der Waals surface area contributed by atoms with Crippen molar-refractivity contribution in [3.8, 4) is 0 Å². The summed E-state index contributed by atoms with van der Waals surface area (Å²) in [5.74, 6) is 0.259. The maximum Gasteiger partial charge on any atom is 0.222 e. The summed E-state index contributed by atoms with van der Waals surface area (Å²) in [7, 11) is 1.70. The number of carbonyl (C=O) groups is 1. The van der Waals surface area contributed by atoms with Gasteiger partial charge in [0.2, 0.25) is 5.91 Å². The third-order valence-corrected chi connectivity index (χ3v) is 4.86. The van der Waals surface area contributed by atoms with E-state index >= 15 is 0 Å². The first-order valence-corrected chi connectivity index (χ1v) is 8.82. The zero-order valence-corrected chi connectivity index (χ0v) is 15.5. The Morgan fingerprint density at radius 3 is 2.96 bits per heavy atom. The Morgan fingerprint density at radius 2 is 2.25 bits per heavy atom. The summed E-state index contributed by atoms with van der Waals surface area (Å²) in [6, 6.07) is 0. The predicted octanol–water partition coefficient (Wildman–Crippen LogP) is 3.40. The molecule has 0 spiro atoms. The third-order valence-electron chi connectivity index (χ3n) is 4.86. The SMILES string of the molecule is COCCn1cncc1CN1C[C@](C)(CCC=C(C)C)CCC1=O. The van der Waals surface area contributed by atoms with Gasteiger partial charge in [0.05, 0.1) is 25.2 Å². The van der Waals surface area contributed by atoms with Crippen LogP contribution in [0.2, 0.25) is 0 Å². The molecule has 0 N–H and O–H groups in total. The molecule has 0 aromatic carbocycles. The number of hydrogen-bond acceptors (Lipinski definition) is 3. The minimum absolute atomic E-state index is 0.206. The number of nitrogens with zero attached hydrogens (tertiary/aromatic N) is 3. The van der Waals surface area contributed by atoms with Gasteiger partial charge >= 0.3 is 0 Å². The van der Waals surface area contributed by atoms with Gasteiger partial charge in [-0.1, -0.05) is 18.6 Å². The average Bonchev–Trinajstić information content (AvgIpc) is 2.96. The van der Waals surface area contributed by atoms with Gasteiger partial charge in [-0.15, -0.1) is 0 Å². The van der Waals surface area contributed by atoms with E-state index in [2.05, 4.69) is 36.4 Å². The Bertz CT molecular complexity index is 575. The molecule has 5 nitrogen and oxygen atoms in total. The topological polar surface area (TPSA) is 47.4 Å². The van der Waals surface area contributed by atoms with Crippen molar-refractivity contribution in [2.45, 2.75) is 59.5 Å². The van der Waals surface area contributed by atoms with E-state index in [1.54, 1.807) is 7.11 Å². The summed E-state index contributed by atoms with van der Waals surface area (Å²) in [5.41, 5.74) is 2.65. The van der Waals surface area contributed by atoms with Gasteiger partial charge in [-0.05, 0) is 38.5 Å². The maximum atomic E-state index is 12.4. The van der Waals surface area contributed by atoms with E-state index in [1.807, 2.05) is 17.4 Å². The van der Waals surface area contributed by atoms with Crippen molar-refractivity contribution in [3.63, 3.8) is 0 Å². The minimum Gasteiger partial charge on any atom is -0.383 e. The van der Waals surface area contributed by atoms with Gasteiger partial charge < -0.3 is 14.2 Å². The summed E-state index contributed by atoms with van der Waals surface area (Å²) in [6.45, 7) is 9.48. The lowest BCUT2D eigenvalue weighted by molar-refractivity contribution is -0.138. The molecule has 0 radical (unpaired) electrons. The molecule has 1 aliphatic heterocycles. The largest absolute Gasteiger partial charge is 0.383 e. The standard InChI is InChI=1S/C19H31N3O2/c1-16(2)6-5-8-19(3)9-7-18(23)22(14-19)13-17-12-20-15-21(17)10-11-24-4/h6,12,15H,5,7-11,13-14H2,1-4H3/t19-/m1/s1. The maximum absolute atomic E-state index is 12.4. The predicted molar refractivity (Wildman–Crippen MR) is 95.5 cm³/mol. The second-order valence-electron chi connectivity index (χ2n) is 7.45. The van der Waals surface area contributed by atoms with Crippen LogP contribution in [0.4, 0.5) is 0 Å². The molecule has 0 bridgehead atoms. The van der Waals surface area contributed by atoms with Crippen LogP contribution < -0.4 is 0 Å². The monoisotopic (exact) mass is 333 g/mol. The summed E-state index contributed by atoms with van der Waals surface area (Å²) in [5, 5.41) is 0. The molecule has 2 heterocycles. The van der Waals surface area contributed by atoms with Gasteiger partial charge in [0.15, 0.2) is 0 Å². The second-order valence-corrected chi connectivity index (χ2v) is 7.45.